The summed E-state index contributed by atoms with van der Waals surface area (Å²) in [6.45, 7) is 2.20. The van der Waals surface area contributed by atoms with Gasteiger partial charge in [-0.2, -0.15) is 4.98 Å². The molecule has 0 N–H and O–H groups in total. The van der Waals surface area contributed by atoms with E-state index in [1.165, 1.54) is 25.7 Å². The number of rotatable bonds is 6. The number of aryl methyl sites for hydroxylation is 1. The molecule has 1 aromatic rings. The van der Waals surface area contributed by atoms with Crippen molar-refractivity contribution in [2.45, 2.75) is 45.4 Å². The monoisotopic (exact) mass is 247 g/mol. The third kappa shape index (κ3) is 5.28. The maximum absolute atomic E-state index is 5.67. The summed E-state index contributed by atoms with van der Waals surface area (Å²) < 4.78 is 0. The SMILES string of the molecule is CCCCCCCc1nc(Cl)nc(Cl)n1. The lowest BCUT2D eigenvalue weighted by molar-refractivity contribution is 0.621. The van der Waals surface area contributed by atoms with Gasteiger partial charge in [0.25, 0.3) is 0 Å². The summed E-state index contributed by atoms with van der Waals surface area (Å²) in [5, 5.41) is 0.358. The molecule has 1 heterocycles. The molecular weight excluding hydrogens is 233 g/mol. The van der Waals surface area contributed by atoms with E-state index in [1.807, 2.05) is 0 Å². The van der Waals surface area contributed by atoms with Gasteiger partial charge in [0, 0.05) is 6.42 Å². The molecule has 0 saturated heterocycles. The maximum atomic E-state index is 5.67. The van der Waals surface area contributed by atoms with Crippen molar-refractivity contribution < 1.29 is 0 Å². The van der Waals surface area contributed by atoms with Crippen LogP contribution >= 0.6 is 23.2 Å². The Morgan fingerprint density at radius 1 is 0.867 bits per heavy atom. The molecule has 0 saturated carbocycles. The molecule has 0 spiro atoms. The van der Waals surface area contributed by atoms with E-state index in [2.05, 4.69) is 21.9 Å². The Bertz CT molecular complexity index is 284. The molecule has 1 rings (SSSR count). The molecule has 0 fully saturated rings. The molecule has 5 heteroatoms. The first kappa shape index (κ1) is 12.7. The number of aromatic nitrogens is 3. The zero-order valence-corrected chi connectivity index (χ0v) is 10.4. The van der Waals surface area contributed by atoms with Crippen molar-refractivity contribution in [2.75, 3.05) is 0 Å². The van der Waals surface area contributed by atoms with E-state index >= 15 is 0 Å². The van der Waals surface area contributed by atoms with Crippen molar-refractivity contribution in [2.24, 2.45) is 0 Å². The number of unbranched alkanes of at least 4 members (excludes halogenated alkanes) is 4. The van der Waals surface area contributed by atoms with Gasteiger partial charge in [0.05, 0.1) is 0 Å². The van der Waals surface area contributed by atoms with E-state index in [-0.39, 0.29) is 10.6 Å². The predicted molar refractivity (Wildman–Crippen MR) is 62.3 cm³/mol. The second-order valence-electron chi connectivity index (χ2n) is 3.45. The largest absolute Gasteiger partial charge is 0.226 e. The van der Waals surface area contributed by atoms with Crippen LogP contribution in [0.4, 0.5) is 0 Å². The summed E-state index contributed by atoms with van der Waals surface area (Å²) >= 11 is 11.3. The summed E-state index contributed by atoms with van der Waals surface area (Å²) in [5.41, 5.74) is 0. The van der Waals surface area contributed by atoms with Crippen LogP contribution < -0.4 is 0 Å². The highest BCUT2D eigenvalue weighted by Gasteiger charge is 2.02. The van der Waals surface area contributed by atoms with Crippen molar-refractivity contribution in [3.63, 3.8) is 0 Å². The van der Waals surface area contributed by atoms with Crippen molar-refractivity contribution in [3.05, 3.63) is 16.4 Å². The van der Waals surface area contributed by atoms with Crippen LogP contribution in [0.3, 0.4) is 0 Å². The lowest BCUT2D eigenvalue weighted by Gasteiger charge is -2.00. The Balaban J connectivity index is 2.31. The fraction of sp³-hybridized carbons (Fsp3) is 0.700. The molecule has 0 aromatic carbocycles. The van der Waals surface area contributed by atoms with E-state index in [9.17, 15) is 0 Å². The highest BCUT2D eigenvalue weighted by molar-refractivity contribution is 6.30. The Morgan fingerprint density at radius 2 is 1.47 bits per heavy atom. The highest BCUT2D eigenvalue weighted by Crippen LogP contribution is 2.10. The van der Waals surface area contributed by atoms with Crippen molar-refractivity contribution in [1.82, 2.24) is 15.0 Å². The van der Waals surface area contributed by atoms with Gasteiger partial charge in [-0.15, -0.1) is 0 Å². The van der Waals surface area contributed by atoms with E-state index in [4.69, 9.17) is 23.2 Å². The molecule has 0 bridgehead atoms. The minimum atomic E-state index is 0.179. The quantitative estimate of drug-likeness (QED) is 0.720. The molecule has 0 unspecified atom stereocenters. The van der Waals surface area contributed by atoms with Gasteiger partial charge < -0.3 is 0 Å². The first-order chi connectivity index (χ1) is 7.22. The molecule has 15 heavy (non-hydrogen) atoms. The lowest BCUT2D eigenvalue weighted by Crippen LogP contribution is -1.98. The van der Waals surface area contributed by atoms with Crippen LogP contribution in [0, 0.1) is 0 Å². The second kappa shape index (κ2) is 6.96. The standard InChI is InChI=1S/C10H15Cl2N3/c1-2-3-4-5-6-7-8-13-9(11)15-10(12)14-8/h2-7H2,1H3. The van der Waals surface area contributed by atoms with Crippen LogP contribution in [0.25, 0.3) is 0 Å². The van der Waals surface area contributed by atoms with Gasteiger partial charge in [0.1, 0.15) is 5.82 Å². The Kier molecular flexibility index (Phi) is 5.88. The number of nitrogens with zero attached hydrogens (tertiary/aromatic N) is 3. The van der Waals surface area contributed by atoms with E-state index < -0.39 is 0 Å². The van der Waals surface area contributed by atoms with E-state index in [0.29, 0.717) is 5.82 Å². The third-order valence-electron chi connectivity index (χ3n) is 2.13. The summed E-state index contributed by atoms with van der Waals surface area (Å²) in [5.74, 6) is 0.691. The van der Waals surface area contributed by atoms with Crippen LogP contribution in [0.1, 0.15) is 44.9 Å². The molecule has 0 aliphatic heterocycles. The lowest BCUT2D eigenvalue weighted by atomic mass is 10.1. The van der Waals surface area contributed by atoms with Crippen LogP contribution in [-0.4, -0.2) is 15.0 Å². The van der Waals surface area contributed by atoms with Gasteiger partial charge in [-0.1, -0.05) is 32.6 Å². The molecular formula is C10H15Cl2N3. The van der Waals surface area contributed by atoms with Gasteiger partial charge in [0.2, 0.25) is 10.6 Å². The maximum Gasteiger partial charge on any atom is 0.226 e. The van der Waals surface area contributed by atoms with Crippen molar-refractivity contribution in [1.29, 1.82) is 0 Å². The smallest absolute Gasteiger partial charge is 0.203 e. The Hall–Kier alpha value is -0.410. The fourth-order valence-corrected chi connectivity index (χ4v) is 1.76. The fourth-order valence-electron chi connectivity index (χ4n) is 1.36. The Labute approximate surface area is 100 Å². The molecule has 0 aliphatic rings. The third-order valence-corrected chi connectivity index (χ3v) is 2.47. The van der Waals surface area contributed by atoms with E-state index in [0.717, 1.165) is 12.8 Å². The normalized spacial score (nSPS) is 10.6. The zero-order chi connectivity index (χ0) is 11.1. The summed E-state index contributed by atoms with van der Waals surface area (Å²) in [4.78, 5) is 11.7. The van der Waals surface area contributed by atoms with Crippen LogP contribution in [0.15, 0.2) is 0 Å². The summed E-state index contributed by atoms with van der Waals surface area (Å²) in [6, 6.07) is 0. The molecule has 0 atom stereocenters. The van der Waals surface area contributed by atoms with Gasteiger partial charge in [-0.3, -0.25) is 0 Å². The molecule has 0 aliphatic carbocycles. The molecule has 84 valence electrons. The zero-order valence-electron chi connectivity index (χ0n) is 8.84. The van der Waals surface area contributed by atoms with Gasteiger partial charge >= 0.3 is 0 Å². The Morgan fingerprint density at radius 3 is 2.07 bits per heavy atom. The van der Waals surface area contributed by atoms with Crippen molar-refractivity contribution >= 4 is 23.2 Å². The average Bonchev–Trinajstić information content (AvgIpc) is 2.16. The van der Waals surface area contributed by atoms with E-state index in [1.54, 1.807) is 0 Å². The van der Waals surface area contributed by atoms with Crippen LogP contribution in [-0.2, 0) is 6.42 Å². The predicted octanol–water partition coefficient (Wildman–Crippen LogP) is 3.69. The molecule has 3 nitrogen and oxygen atoms in total. The summed E-state index contributed by atoms with van der Waals surface area (Å²) in [7, 11) is 0. The highest BCUT2D eigenvalue weighted by atomic mass is 35.5. The van der Waals surface area contributed by atoms with Gasteiger partial charge in [-0.05, 0) is 29.6 Å². The summed E-state index contributed by atoms with van der Waals surface area (Å²) in [6.07, 6.45) is 6.92. The first-order valence-corrected chi connectivity index (χ1v) is 6.04. The number of hydrogen-bond acceptors (Lipinski definition) is 3. The first-order valence-electron chi connectivity index (χ1n) is 5.28. The topological polar surface area (TPSA) is 38.7 Å². The minimum absolute atomic E-state index is 0.179. The molecule has 1 aromatic heterocycles. The molecule has 0 radical (unpaired) electrons. The second-order valence-corrected chi connectivity index (χ2v) is 4.13. The van der Waals surface area contributed by atoms with Crippen LogP contribution in [0.2, 0.25) is 10.6 Å². The van der Waals surface area contributed by atoms with Crippen LogP contribution in [0.5, 0.6) is 0 Å². The van der Waals surface area contributed by atoms with Gasteiger partial charge in [-0.25, -0.2) is 9.97 Å². The number of halogens is 2. The van der Waals surface area contributed by atoms with Crippen molar-refractivity contribution in [3.8, 4) is 0 Å². The number of hydrogen-bond donors (Lipinski definition) is 0. The average molecular weight is 248 g/mol. The van der Waals surface area contributed by atoms with Gasteiger partial charge in [0.15, 0.2) is 0 Å². The minimum Gasteiger partial charge on any atom is -0.203 e. The molecule has 0 amide bonds.